The summed E-state index contributed by atoms with van der Waals surface area (Å²) in [4.78, 5) is 8.42. The monoisotopic (exact) mass is 379 g/mol. The molecule has 0 aliphatic carbocycles. The SMILES string of the molecule is ON=C1CC(Sc2nc(-c3ccccc3)cc(C(F)F)n2)C2COC1O2. The molecule has 2 aliphatic heterocycles. The number of ether oxygens (including phenoxy) is 2. The van der Waals surface area contributed by atoms with E-state index >= 15 is 0 Å². The van der Waals surface area contributed by atoms with Gasteiger partial charge in [0, 0.05) is 17.2 Å². The van der Waals surface area contributed by atoms with Crippen LogP contribution in [-0.2, 0) is 9.47 Å². The third-order valence-corrected chi connectivity index (χ3v) is 5.38. The van der Waals surface area contributed by atoms with E-state index in [2.05, 4.69) is 15.1 Å². The molecule has 9 heteroatoms. The molecule has 1 aromatic heterocycles. The molecule has 0 spiro atoms. The summed E-state index contributed by atoms with van der Waals surface area (Å²) in [6.45, 7) is 0.349. The second-order valence-electron chi connectivity index (χ2n) is 5.92. The number of benzene rings is 1. The van der Waals surface area contributed by atoms with Gasteiger partial charge in [0.15, 0.2) is 5.16 Å². The van der Waals surface area contributed by atoms with Crippen LogP contribution in [0.25, 0.3) is 11.3 Å². The highest BCUT2D eigenvalue weighted by molar-refractivity contribution is 7.99. The Morgan fingerprint density at radius 3 is 2.77 bits per heavy atom. The Bertz CT molecular complexity index is 822. The lowest BCUT2D eigenvalue weighted by molar-refractivity contribution is -0.0169. The maximum Gasteiger partial charge on any atom is 0.280 e. The van der Waals surface area contributed by atoms with Gasteiger partial charge in [-0.25, -0.2) is 18.7 Å². The Labute approximate surface area is 152 Å². The molecule has 3 heterocycles. The first-order valence-corrected chi connectivity index (χ1v) is 8.89. The average Bonchev–Trinajstić information content (AvgIpc) is 3.09. The van der Waals surface area contributed by atoms with Crippen LogP contribution in [0.4, 0.5) is 8.78 Å². The highest BCUT2D eigenvalue weighted by Crippen LogP contribution is 2.37. The summed E-state index contributed by atoms with van der Waals surface area (Å²) in [6, 6.07) is 10.4. The lowest BCUT2D eigenvalue weighted by atomic mass is 10.1. The van der Waals surface area contributed by atoms with Crippen molar-refractivity contribution in [2.75, 3.05) is 6.61 Å². The summed E-state index contributed by atoms with van der Waals surface area (Å²) in [5.41, 5.74) is 1.23. The third kappa shape index (κ3) is 3.42. The average molecular weight is 379 g/mol. The Hall–Kier alpha value is -2.10. The molecular weight excluding hydrogens is 364 g/mol. The van der Waals surface area contributed by atoms with E-state index in [1.54, 1.807) is 0 Å². The van der Waals surface area contributed by atoms with Crippen LogP contribution in [0, 0.1) is 0 Å². The molecule has 6 nitrogen and oxygen atoms in total. The van der Waals surface area contributed by atoms with E-state index in [1.807, 2.05) is 30.3 Å². The third-order valence-electron chi connectivity index (χ3n) is 4.21. The fourth-order valence-corrected chi connectivity index (χ4v) is 4.06. The fourth-order valence-electron chi connectivity index (χ4n) is 2.93. The van der Waals surface area contributed by atoms with Crippen LogP contribution in [-0.4, -0.2) is 45.1 Å². The van der Waals surface area contributed by atoms with Crippen molar-refractivity contribution in [2.24, 2.45) is 5.16 Å². The molecule has 0 amide bonds. The maximum atomic E-state index is 13.3. The molecule has 26 heavy (non-hydrogen) atoms. The zero-order chi connectivity index (χ0) is 18.1. The largest absolute Gasteiger partial charge is 0.411 e. The number of rotatable bonds is 4. The predicted octanol–water partition coefficient (Wildman–Crippen LogP) is 3.52. The molecule has 0 saturated carbocycles. The summed E-state index contributed by atoms with van der Waals surface area (Å²) in [6.07, 6.45) is -3.14. The number of thioether (sulfide) groups is 1. The van der Waals surface area contributed by atoms with Gasteiger partial charge in [-0.2, -0.15) is 0 Å². The summed E-state index contributed by atoms with van der Waals surface area (Å²) in [5, 5.41) is 12.4. The van der Waals surface area contributed by atoms with Crippen molar-refractivity contribution in [2.45, 2.75) is 35.6 Å². The van der Waals surface area contributed by atoms with Crippen molar-refractivity contribution in [3.05, 3.63) is 42.1 Å². The van der Waals surface area contributed by atoms with Gasteiger partial charge in [0.25, 0.3) is 6.43 Å². The van der Waals surface area contributed by atoms with E-state index in [0.717, 1.165) is 5.56 Å². The topological polar surface area (TPSA) is 76.8 Å². The molecule has 136 valence electrons. The van der Waals surface area contributed by atoms with Gasteiger partial charge in [-0.1, -0.05) is 47.2 Å². The van der Waals surface area contributed by atoms with Crippen molar-refractivity contribution >= 4 is 17.5 Å². The van der Waals surface area contributed by atoms with Crippen molar-refractivity contribution in [3.8, 4) is 11.3 Å². The molecule has 4 rings (SSSR count). The second kappa shape index (κ2) is 7.26. The minimum absolute atomic E-state index is 0.184. The minimum Gasteiger partial charge on any atom is -0.411 e. The predicted molar refractivity (Wildman–Crippen MR) is 90.5 cm³/mol. The molecule has 2 aliphatic rings. The molecule has 3 unspecified atom stereocenters. The summed E-state index contributed by atoms with van der Waals surface area (Å²) in [7, 11) is 0. The van der Waals surface area contributed by atoms with E-state index < -0.39 is 12.7 Å². The van der Waals surface area contributed by atoms with Gasteiger partial charge in [-0.3, -0.25) is 0 Å². The Morgan fingerprint density at radius 1 is 1.23 bits per heavy atom. The molecular formula is C17H15F2N3O3S. The maximum absolute atomic E-state index is 13.3. The number of fused-ring (bicyclic) bond motifs is 2. The van der Waals surface area contributed by atoms with Crippen molar-refractivity contribution in [1.29, 1.82) is 0 Å². The van der Waals surface area contributed by atoms with Gasteiger partial charge in [0.05, 0.1) is 18.4 Å². The molecule has 3 atom stereocenters. The van der Waals surface area contributed by atoms with Crippen molar-refractivity contribution in [3.63, 3.8) is 0 Å². The Balaban J connectivity index is 1.64. The van der Waals surface area contributed by atoms with Crippen LogP contribution in [0.2, 0.25) is 0 Å². The molecule has 0 radical (unpaired) electrons. The Kier molecular flexibility index (Phi) is 4.84. The first kappa shape index (κ1) is 17.3. The van der Waals surface area contributed by atoms with Crippen molar-refractivity contribution in [1.82, 2.24) is 9.97 Å². The van der Waals surface area contributed by atoms with Gasteiger partial charge in [-0.05, 0) is 6.07 Å². The van der Waals surface area contributed by atoms with E-state index in [9.17, 15) is 8.78 Å². The zero-order valence-corrected chi connectivity index (χ0v) is 14.3. The van der Waals surface area contributed by atoms with Gasteiger partial charge in [0.1, 0.15) is 11.4 Å². The zero-order valence-electron chi connectivity index (χ0n) is 13.5. The summed E-state index contributed by atoms with van der Waals surface area (Å²) >= 11 is 1.23. The van der Waals surface area contributed by atoms with Gasteiger partial charge in [-0.15, -0.1) is 0 Å². The normalized spacial score (nSPS) is 26.6. The number of oxime groups is 1. The number of nitrogens with zero attached hydrogens (tertiary/aromatic N) is 3. The van der Waals surface area contributed by atoms with Gasteiger partial charge in [0.2, 0.25) is 6.29 Å². The standard InChI is InChI=1S/C17H15F2N3O3S/c18-15(19)11-6-10(9-4-2-1-3-5-9)20-17(21-11)26-14-7-12(22-23)16-24-8-13(14)25-16/h1-6,13-16,23H,7-8H2. The highest BCUT2D eigenvalue weighted by Gasteiger charge is 2.43. The molecule has 2 aromatic rings. The first-order valence-electron chi connectivity index (χ1n) is 8.01. The van der Waals surface area contributed by atoms with Gasteiger partial charge >= 0.3 is 0 Å². The molecule has 2 bridgehead atoms. The lowest BCUT2D eigenvalue weighted by Crippen LogP contribution is -2.37. The lowest BCUT2D eigenvalue weighted by Gasteiger charge is -2.26. The Morgan fingerprint density at radius 2 is 2.04 bits per heavy atom. The quantitative estimate of drug-likeness (QED) is 0.498. The number of alkyl halides is 2. The fraction of sp³-hybridized carbons (Fsp3) is 0.353. The van der Waals surface area contributed by atoms with E-state index in [0.29, 0.717) is 24.4 Å². The smallest absolute Gasteiger partial charge is 0.280 e. The van der Waals surface area contributed by atoms with Crippen LogP contribution >= 0.6 is 11.8 Å². The van der Waals surface area contributed by atoms with Crippen LogP contribution in [0.1, 0.15) is 18.5 Å². The van der Waals surface area contributed by atoms with Crippen LogP contribution in [0.15, 0.2) is 46.7 Å². The van der Waals surface area contributed by atoms with Crippen LogP contribution in [0.3, 0.4) is 0 Å². The second-order valence-corrected chi connectivity index (χ2v) is 7.13. The highest BCUT2D eigenvalue weighted by atomic mass is 32.2. The van der Waals surface area contributed by atoms with Crippen LogP contribution < -0.4 is 0 Å². The number of hydrogen-bond donors (Lipinski definition) is 1. The number of aromatic nitrogens is 2. The van der Waals surface area contributed by atoms with E-state index in [-0.39, 0.29) is 22.2 Å². The summed E-state index contributed by atoms with van der Waals surface area (Å²) in [5.74, 6) is 0. The van der Waals surface area contributed by atoms with Crippen molar-refractivity contribution < 1.29 is 23.5 Å². The van der Waals surface area contributed by atoms with E-state index in [1.165, 1.54) is 17.8 Å². The number of hydrogen-bond acceptors (Lipinski definition) is 7. The summed E-state index contributed by atoms with van der Waals surface area (Å²) < 4.78 is 37.6. The number of halogens is 2. The first-order chi connectivity index (χ1) is 12.6. The molecule has 1 N–H and O–H groups in total. The van der Waals surface area contributed by atoms with E-state index in [4.69, 9.17) is 14.7 Å². The molecule has 2 fully saturated rings. The molecule has 2 saturated heterocycles. The van der Waals surface area contributed by atoms with Gasteiger partial charge < -0.3 is 14.7 Å². The van der Waals surface area contributed by atoms with Crippen LogP contribution in [0.5, 0.6) is 0 Å². The molecule has 1 aromatic carbocycles. The minimum atomic E-state index is -2.70.